The van der Waals surface area contributed by atoms with E-state index in [1.54, 1.807) is 7.11 Å². The highest BCUT2D eigenvalue weighted by Gasteiger charge is 1.99. The summed E-state index contributed by atoms with van der Waals surface area (Å²) >= 11 is 1.89. The fourth-order valence-corrected chi connectivity index (χ4v) is 2.75. The molecule has 0 aliphatic heterocycles. The lowest BCUT2D eigenvalue weighted by Crippen LogP contribution is -2.11. The first kappa shape index (κ1) is 13.1. The summed E-state index contributed by atoms with van der Waals surface area (Å²) in [5, 5.41) is 3.46. The maximum Gasteiger partial charge on any atom is 0.119 e. The van der Waals surface area contributed by atoms with Crippen LogP contribution in [-0.4, -0.2) is 7.11 Å². The van der Waals surface area contributed by atoms with Gasteiger partial charge in [-0.2, -0.15) is 0 Å². The lowest BCUT2D eigenvalue weighted by Gasteiger charge is -2.05. The van der Waals surface area contributed by atoms with Crippen LogP contribution < -0.4 is 10.1 Å². The summed E-state index contributed by atoms with van der Waals surface area (Å²) in [6.45, 7) is 4.00. The Hall–Kier alpha value is -1.32. The van der Waals surface area contributed by atoms with Crippen LogP contribution >= 0.6 is 11.3 Å². The van der Waals surface area contributed by atoms with Crippen LogP contribution in [0.3, 0.4) is 0 Å². The van der Waals surface area contributed by atoms with Gasteiger partial charge >= 0.3 is 0 Å². The first-order valence-electron chi connectivity index (χ1n) is 6.23. The molecule has 0 saturated heterocycles. The average molecular weight is 261 g/mol. The standard InChI is InChI=1S/C15H19NOS/c1-3-14-7-8-15(18-14)11-16-10-12-5-4-6-13(9-12)17-2/h4-9,16H,3,10-11H2,1-2H3. The topological polar surface area (TPSA) is 21.3 Å². The predicted molar refractivity (Wildman–Crippen MR) is 77.2 cm³/mol. The largest absolute Gasteiger partial charge is 0.497 e. The quantitative estimate of drug-likeness (QED) is 0.857. The lowest BCUT2D eigenvalue weighted by atomic mass is 10.2. The molecule has 96 valence electrons. The van der Waals surface area contributed by atoms with Crippen molar-refractivity contribution in [3.8, 4) is 5.75 Å². The Kier molecular flexibility index (Phi) is 4.79. The zero-order chi connectivity index (χ0) is 12.8. The van der Waals surface area contributed by atoms with Gasteiger partial charge in [0.05, 0.1) is 7.11 Å². The molecule has 18 heavy (non-hydrogen) atoms. The summed E-state index contributed by atoms with van der Waals surface area (Å²) in [5.74, 6) is 0.915. The third kappa shape index (κ3) is 3.59. The molecule has 1 heterocycles. The van der Waals surface area contributed by atoms with Gasteiger partial charge in [-0.25, -0.2) is 0 Å². The van der Waals surface area contributed by atoms with E-state index in [0.29, 0.717) is 0 Å². The number of aryl methyl sites for hydroxylation is 1. The highest BCUT2D eigenvalue weighted by atomic mass is 32.1. The number of ether oxygens (including phenoxy) is 1. The van der Waals surface area contributed by atoms with Crippen LogP contribution in [-0.2, 0) is 19.5 Å². The van der Waals surface area contributed by atoms with Gasteiger partial charge in [0.25, 0.3) is 0 Å². The normalized spacial score (nSPS) is 10.6. The van der Waals surface area contributed by atoms with Crippen LogP contribution in [0.1, 0.15) is 22.2 Å². The molecule has 0 unspecified atom stereocenters. The summed E-state index contributed by atoms with van der Waals surface area (Å²) in [6.07, 6.45) is 1.13. The molecule has 3 heteroatoms. The zero-order valence-corrected chi connectivity index (χ0v) is 11.7. The number of hydrogen-bond acceptors (Lipinski definition) is 3. The Balaban J connectivity index is 1.84. The Morgan fingerprint density at radius 3 is 2.67 bits per heavy atom. The number of benzene rings is 1. The van der Waals surface area contributed by atoms with Gasteiger partial charge < -0.3 is 10.1 Å². The van der Waals surface area contributed by atoms with Crippen molar-refractivity contribution in [3.05, 3.63) is 51.7 Å². The van der Waals surface area contributed by atoms with Crippen molar-refractivity contribution in [3.63, 3.8) is 0 Å². The van der Waals surface area contributed by atoms with Gasteiger partial charge in [0, 0.05) is 22.8 Å². The lowest BCUT2D eigenvalue weighted by molar-refractivity contribution is 0.414. The maximum absolute atomic E-state index is 5.21. The maximum atomic E-state index is 5.21. The second-order valence-corrected chi connectivity index (χ2v) is 5.43. The van der Waals surface area contributed by atoms with Crippen LogP contribution in [0, 0.1) is 0 Å². The molecule has 0 bridgehead atoms. The van der Waals surface area contributed by atoms with E-state index in [2.05, 4.69) is 36.5 Å². The zero-order valence-electron chi connectivity index (χ0n) is 10.9. The highest BCUT2D eigenvalue weighted by Crippen LogP contribution is 2.17. The second kappa shape index (κ2) is 6.57. The van der Waals surface area contributed by atoms with Gasteiger partial charge in [0.2, 0.25) is 0 Å². The minimum Gasteiger partial charge on any atom is -0.497 e. The molecule has 1 aromatic heterocycles. The smallest absolute Gasteiger partial charge is 0.119 e. The van der Waals surface area contributed by atoms with E-state index in [1.165, 1.54) is 15.3 Å². The summed E-state index contributed by atoms with van der Waals surface area (Å²) < 4.78 is 5.21. The molecule has 0 saturated carbocycles. The molecule has 0 aliphatic rings. The van der Waals surface area contributed by atoms with Crippen molar-refractivity contribution in [2.45, 2.75) is 26.4 Å². The van der Waals surface area contributed by atoms with Gasteiger partial charge in [0.15, 0.2) is 0 Å². The van der Waals surface area contributed by atoms with E-state index in [-0.39, 0.29) is 0 Å². The second-order valence-electron chi connectivity index (χ2n) is 4.18. The Morgan fingerprint density at radius 2 is 1.94 bits per heavy atom. The Morgan fingerprint density at radius 1 is 1.11 bits per heavy atom. The van der Waals surface area contributed by atoms with E-state index >= 15 is 0 Å². The Bertz CT molecular complexity index is 493. The minimum absolute atomic E-state index is 0.872. The molecular formula is C15H19NOS. The number of nitrogens with one attached hydrogen (secondary N) is 1. The summed E-state index contributed by atoms with van der Waals surface area (Å²) in [6, 6.07) is 12.6. The van der Waals surface area contributed by atoms with Gasteiger partial charge in [-0.3, -0.25) is 0 Å². The van der Waals surface area contributed by atoms with Crippen molar-refractivity contribution in [2.75, 3.05) is 7.11 Å². The van der Waals surface area contributed by atoms with Crippen LogP contribution in [0.5, 0.6) is 5.75 Å². The van der Waals surface area contributed by atoms with E-state index in [4.69, 9.17) is 4.74 Å². The van der Waals surface area contributed by atoms with Crippen molar-refractivity contribution in [1.82, 2.24) is 5.32 Å². The highest BCUT2D eigenvalue weighted by molar-refractivity contribution is 7.11. The Labute approximate surface area is 113 Å². The van der Waals surface area contributed by atoms with Gasteiger partial charge in [-0.05, 0) is 36.2 Å². The molecular weight excluding hydrogens is 242 g/mol. The van der Waals surface area contributed by atoms with Crippen molar-refractivity contribution < 1.29 is 4.74 Å². The monoisotopic (exact) mass is 261 g/mol. The van der Waals surface area contributed by atoms with Crippen molar-refractivity contribution in [1.29, 1.82) is 0 Å². The van der Waals surface area contributed by atoms with Crippen LogP contribution in [0.15, 0.2) is 36.4 Å². The molecule has 2 nitrogen and oxygen atoms in total. The van der Waals surface area contributed by atoms with Crippen LogP contribution in [0.4, 0.5) is 0 Å². The summed E-state index contributed by atoms with van der Waals surface area (Å²) in [4.78, 5) is 2.85. The summed E-state index contributed by atoms with van der Waals surface area (Å²) in [7, 11) is 1.70. The van der Waals surface area contributed by atoms with Crippen LogP contribution in [0.2, 0.25) is 0 Å². The fraction of sp³-hybridized carbons (Fsp3) is 0.333. The molecule has 1 aromatic carbocycles. The molecule has 0 radical (unpaired) electrons. The van der Waals surface area contributed by atoms with Crippen molar-refractivity contribution in [2.24, 2.45) is 0 Å². The number of rotatable bonds is 6. The number of methoxy groups -OCH3 is 1. The third-order valence-electron chi connectivity index (χ3n) is 2.83. The number of hydrogen-bond donors (Lipinski definition) is 1. The van der Waals surface area contributed by atoms with E-state index < -0.39 is 0 Å². The molecule has 1 N–H and O–H groups in total. The van der Waals surface area contributed by atoms with E-state index in [1.807, 2.05) is 23.5 Å². The first-order chi connectivity index (χ1) is 8.81. The van der Waals surface area contributed by atoms with E-state index in [9.17, 15) is 0 Å². The average Bonchev–Trinajstić information content (AvgIpc) is 2.87. The van der Waals surface area contributed by atoms with Gasteiger partial charge in [-0.15, -0.1) is 11.3 Å². The molecule has 2 aromatic rings. The van der Waals surface area contributed by atoms with E-state index in [0.717, 1.165) is 25.3 Å². The molecule has 0 spiro atoms. The van der Waals surface area contributed by atoms with Gasteiger partial charge in [-0.1, -0.05) is 19.1 Å². The molecule has 0 amide bonds. The van der Waals surface area contributed by atoms with Crippen LogP contribution in [0.25, 0.3) is 0 Å². The van der Waals surface area contributed by atoms with Crippen molar-refractivity contribution >= 4 is 11.3 Å². The predicted octanol–water partition coefficient (Wildman–Crippen LogP) is 3.61. The first-order valence-corrected chi connectivity index (χ1v) is 7.04. The third-order valence-corrected chi connectivity index (χ3v) is 4.06. The summed E-state index contributed by atoms with van der Waals surface area (Å²) in [5.41, 5.74) is 1.25. The minimum atomic E-state index is 0.872. The molecule has 0 fully saturated rings. The number of thiophene rings is 1. The molecule has 2 rings (SSSR count). The molecule has 0 atom stereocenters. The molecule has 0 aliphatic carbocycles. The fourth-order valence-electron chi connectivity index (χ4n) is 1.82. The SMILES string of the molecule is CCc1ccc(CNCc2cccc(OC)c2)s1. The van der Waals surface area contributed by atoms with Gasteiger partial charge in [0.1, 0.15) is 5.75 Å².